The lowest BCUT2D eigenvalue weighted by atomic mass is 10.1. The van der Waals surface area contributed by atoms with Gasteiger partial charge in [0.2, 0.25) is 11.9 Å². The molecule has 0 saturated carbocycles. The molecule has 1 heterocycles. The fourth-order valence-corrected chi connectivity index (χ4v) is 2.85. The van der Waals surface area contributed by atoms with Crippen molar-refractivity contribution >= 4 is 11.6 Å². The highest BCUT2D eigenvalue weighted by atomic mass is 19.1. The predicted molar refractivity (Wildman–Crippen MR) is 88.7 cm³/mol. The van der Waals surface area contributed by atoms with Gasteiger partial charge in [0.25, 0.3) is 5.91 Å². The molecule has 0 N–H and O–H groups in total. The molecule has 2 aromatic rings. The normalized spacial score (nSPS) is 15.0. The molecule has 1 aliphatic heterocycles. The summed E-state index contributed by atoms with van der Waals surface area (Å²) >= 11 is 0. The van der Waals surface area contributed by atoms with E-state index in [0.29, 0.717) is 18.7 Å². The zero-order chi connectivity index (χ0) is 17.8. The first-order chi connectivity index (χ1) is 12.1. The molecule has 3 rings (SSSR count). The molecule has 0 spiro atoms. The minimum atomic E-state index is -1.06. The highest BCUT2D eigenvalue weighted by molar-refractivity contribution is 5.83. The number of carbonyl (C=O) groups excluding carboxylic acids is 1. The summed E-state index contributed by atoms with van der Waals surface area (Å²) in [7, 11) is 0. The van der Waals surface area contributed by atoms with Gasteiger partial charge >= 0.3 is 5.69 Å². The summed E-state index contributed by atoms with van der Waals surface area (Å²) in [6.07, 6.45) is 0.764. The second-order valence-electron chi connectivity index (χ2n) is 5.81. The molecule has 7 heteroatoms. The van der Waals surface area contributed by atoms with E-state index in [-0.39, 0.29) is 17.3 Å². The number of nitro benzene ring substituents is 1. The van der Waals surface area contributed by atoms with Crippen LogP contribution in [0, 0.1) is 15.9 Å². The summed E-state index contributed by atoms with van der Waals surface area (Å²) in [5, 5.41) is 11.2. The molecule has 1 aliphatic rings. The maximum absolute atomic E-state index is 13.6. The van der Waals surface area contributed by atoms with E-state index in [9.17, 15) is 19.3 Å². The van der Waals surface area contributed by atoms with Gasteiger partial charge in [-0.15, -0.1) is 0 Å². The average molecular weight is 344 g/mol. The maximum atomic E-state index is 13.6. The zero-order valence-electron chi connectivity index (χ0n) is 13.4. The van der Waals surface area contributed by atoms with E-state index in [2.05, 4.69) is 0 Å². The van der Waals surface area contributed by atoms with Gasteiger partial charge in [0.1, 0.15) is 5.82 Å². The number of ether oxygens (including phenoxy) is 1. The summed E-state index contributed by atoms with van der Waals surface area (Å²) in [6, 6.07) is 11.7. The molecule has 1 fully saturated rings. The third kappa shape index (κ3) is 3.76. The molecule has 25 heavy (non-hydrogen) atoms. The van der Waals surface area contributed by atoms with Crippen molar-refractivity contribution in [2.24, 2.45) is 0 Å². The van der Waals surface area contributed by atoms with Crippen LogP contribution in [0.2, 0.25) is 0 Å². The molecule has 1 unspecified atom stereocenters. The van der Waals surface area contributed by atoms with Crippen molar-refractivity contribution in [3.05, 3.63) is 70.0 Å². The number of nitrogens with zero attached hydrogens (tertiary/aromatic N) is 2. The topological polar surface area (TPSA) is 72.7 Å². The summed E-state index contributed by atoms with van der Waals surface area (Å²) in [5.74, 6) is -1.20. The van der Waals surface area contributed by atoms with Gasteiger partial charge in [-0.1, -0.05) is 30.3 Å². The van der Waals surface area contributed by atoms with E-state index in [1.54, 1.807) is 35.2 Å². The highest BCUT2D eigenvalue weighted by Gasteiger charge is 2.31. The predicted octanol–water partition coefficient (Wildman–Crippen LogP) is 3.48. The maximum Gasteiger partial charge on any atom is 0.311 e. The molecule has 0 radical (unpaired) electrons. The Morgan fingerprint density at radius 2 is 1.84 bits per heavy atom. The Kier molecular flexibility index (Phi) is 4.92. The minimum absolute atomic E-state index is 0.258. The third-order valence-corrected chi connectivity index (χ3v) is 4.11. The van der Waals surface area contributed by atoms with Crippen LogP contribution in [-0.4, -0.2) is 28.8 Å². The largest absolute Gasteiger partial charge is 0.468 e. The number of nitro groups is 1. The molecule has 0 bridgehead atoms. The Balaban J connectivity index is 1.97. The van der Waals surface area contributed by atoms with Crippen LogP contribution >= 0.6 is 0 Å². The van der Waals surface area contributed by atoms with Gasteiger partial charge in [0.05, 0.1) is 4.92 Å². The monoisotopic (exact) mass is 344 g/mol. The fraction of sp³-hybridized carbons (Fsp3) is 0.278. The van der Waals surface area contributed by atoms with Crippen LogP contribution < -0.4 is 4.74 Å². The number of rotatable bonds is 5. The Morgan fingerprint density at radius 3 is 2.48 bits per heavy atom. The van der Waals surface area contributed by atoms with Crippen molar-refractivity contribution in [2.75, 3.05) is 13.1 Å². The summed E-state index contributed by atoms with van der Waals surface area (Å²) in [5.41, 5.74) is 0.189. The molecular weight excluding hydrogens is 327 g/mol. The number of benzene rings is 2. The van der Waals surface area contributed by atoms with Crippen LogP contribution in [0.1, 0.15) is 24.5 Å². The number of carbonyl (C=O) groups is 1. The lowest BCUT2D eigenvalue weighted by Crippen LogP contribution is -2.35. The van der Waals surface area contributed by atoms with Gasteiger partial charge < -0.3 is 9.64 Å². The van der Waals surface area contributed by atoms with E-state index >= 15 is 0 Å². The van der Waals surface area contributed by atoms with Crippen molar-refractivity contribution in [1.82, 2.24) is 4.90 Å². The molecular formula is C18H17FN2O4. The molecule has 1 atom stereocenters. The number of hydrogen-bond donors (Lipinski definition) is 0. The lowest BCUT2D eigenvalue weighted by Gasteiger charge is -2.24. The molecule has 1 saturated heterocycles. The van der Waals surface area contributed by atoms with Crippen LogP contribution in [0.25, 0.3) is 0 Å². The number of amides is 1. The van der Waals surface area contributed by atoms with Crippen LogP contribution in [-0.2, 0) is 4.79 Å². The van der Waals surface area contributed by atoms with Gasteiger partial charge in [-0.25, -0.2) is 4.39 Å². The molecule has 6 nitrogen and oxygen atoms in total. The third-order valence-electron chi connectivity index (χ3n) is 4.11. The van der Waals surface area contributed by atoms with Gasteiger partial charge in [-0.2, -0.15) is 0 Å². The summed E-state index contributed by atoms with van der Waals surface area (Å²) < 4.78 is 19.2. The zero-order valence-corrected chi connectivity index (χ0v) is 13.4. The first-order valence-corrected chi connectivity index (χ1v) is 8.00. The van der Waals surface area contributed by atoms with Gasteiger partial charge in [0.15, 0.2) is 0 Å². The fourth-order valence-electron chi connectivity index (χ4n) is 2.85. The number of likely N-dealkylation sites (tertiary alicyclic amines) is 1. The van der Waals surface area contributed by atoms with E-state index < -0.39 is 16.8 Å². The van der Waals surface area contributed by atoms with Crippen LogP contribution in [0.5, 0.6) is 5.75 Å². The standard InChI is InChI=1S/C18H17FN2O4/c19-14-8-9-15(21(23)24)16(12-14)25-17(13-6-2-1-3-7-13)18(22)20-10-4-5-11-20/h1-3,6-9,12,17H,4-5,10-11H2. The second kappa shape index (κ2) is 7.29. The Bertz CT molecular complexity index is 776. The van der Waals surface area contributed by atoms with E-state index in [1.165, 1.54) is 0 Å². The molecule has 0 aromatic heterocycles. The first kappa shape index (κ1) is 16.9. The van der Waals surface area contributed by atoms with Crippen LogP contribution in [0.15, 0.2) is 48.5 Å². The van der Waals surface area contributed by atoms with Crippen LogP contribution in [0.4, 0.5) is 10.1 Å². The van der Waals surface area contributed by atoms with E-state index in [0.717, 1.165) is 31.0 Å². The Hall–Kier alpha value is -2.96. The second-order valence-corrected chi connectivity index (χ2v) is 5.81. The van der Waals surface area contributed by atoms with Crippen molar-refractivity contribution in [3.8, 4) is 5.75 Å². The van der Waals surface area contributed by atoms with E-state index in [1.807, 2.05) is 0 Å². The quantitative estimate of drug-likeness (QED) is 0.615. The van der Waals surface area contributed by atoms with Gasteiger partial charge in [-0.05, 0) is 18.9 Å². The minimum Gasteiger partial charge on any atom is -0.468 e. The average Bonchev–Trinajstić information content (AvgIpc) is 3.14. The molecule has 0 aliphatic carbocycles. The molecule has 130 valence electrons. The first-order valence-electron chi connectivity index (χ1n) is 8.00. The highest BCUT2D eigenvalue weighted by Crippen LogP contribution is 2.33. The van der Waals surface area contributed by atoms with Crippen molar-refractivity contribution in [3.63, 3.8) is 0 Å². The van der Waals surface area contributed by atoms with Crippen molar-refractivity contribution in [1.29, 1.82) is 0 Å². The lowest BCUT2D eigenvalue weighted by molar-refractivity contribution is -0.386. The van der Waals surface area contributed by atoms with E-state index in [4.69, 9.17) is 4.74 Å². The SMILES string of the molecule is O=C(C(Oc1cc(F)ccc1[N+](=O)[O-])c1ccccc1)N1CCCC1. The number of hydrogen-bond acceptors (Lipinski definition) is 4. The Labute approximate surface area is 144 Å². The van der Waals surface area contributed by atoms with Crippen LogP contribution in [0.3, 0.4) is 0 Å². The van der Waals surface area contributed by atoms with Crippen molar-refractivity contribution < 1.29 is 18.8 Å². The molecule has 2 aromatic carbocycles. The Morgan fingerprint density at radius 1 is 1.16 bits per heavy atom. The summed E-state index contributed by atoms with van der Waals surface area (Å²) in [4.78, 5) is 25.1. The number of halogens is 1. The summed E-state index contributed by atoms with van der Waals surface area (Å²) in [6.45, 7) is 1.24. The van der Waals surface area contributed by atoms with Gasteiger partial charge in [0, 0.05) is 30.8 Å². The van der Waals surface area contributed by atoms with Gasteiger partial charge in [-0.3, -0.25) is 14.9 Å². The smallest absolute Gasteiger partial charge is 0.311 e. The molecule has 1 amide bonds. The van der Waals surface area contributed by atoms with Crippen molar-refractivity contribution in [2.45, 2.75) is 18.9 Å².